The molecule has 0 saturated carbocycles. The normalized spacial score (nSPS) is 18.1. The van der Waals surface area contributed by atoms with Crippen LogP contribution in [0, 0.1) is 0 Å². The molecule has 0 aromatic heterocycles. The summed E-state index contributed by atoms with van der Waals surface area (Å²) < 4.78 is 38.0. The van der Waals surface area contributed by atoms with Gasteiger partial charge in [-0.15, -0.1) is 0 Å². The summed E-state index contributed by atoms with van der Waals surface area (Å²) in [5.74, 6) is 0.131. The van der Waals surface area contributed by atoms with E-state index in [-0.39, 0.29) is 5.91 Å². The van der Waals surface area contributed by atoms with Gasteiger partial charge in [0.15, 0.2) is 0 Å². The number of anilines is 1. The third-order valence-electron chi connectivity index (χ3n) is 5.70. The van der Waals surface area contributed by atoms with Gasteiger partial charge in [0.2, 0.25) is 5.91 Å². The van der Waals surface area contributed by atoms with E-state index in [1.165, 1.54) is 5.56 Å². The molecule has 0 spiro atoms. The van der Waals surface area contributed by atoms with Crippen molar-refractivity contribution < 1.29 is 18.0 Å². The first-order valence-electron chi connectivity index (χ1n) is 9.89. The molecule has 154 valence electrons. The smallest absolute Gasteiger partial charge is 0.311 e. The van der Waals surface area contributed by atoms with Gasteiger partial charge in [-0.05, 0) is 35.7 Å². The lowest BCUT2D eigenvalue weighted by atomic mass is 10.1. The van der Waals surface area contributed by atoms with Crippen LogP contribution in [0.2, 0.25) is 0 Å². The summed E-state index contributed by atoms with van der Waals surface area (Å²) in [5, 5.41) is 0. The molecule has 7 heteroatoms. The highest BCUT2D eigenvalue weighted by molar-refractivity contribution is 5.96. The van der Waals surface area contributed by atoms with Crippen LogP contribution in [0.15, 0.2) is 48.5 Å². The predicted octanol–water partition coefficient (Wildman–Crippen LogP) is 3.41. The maximum Gasteiger partial charge on any atom is 0.416 e. The van der Waals surface area contributed by atoms with Crippen molar-refractivity contribution in [3.05, 3.63) is 65.2 Å². The van der Waals surface area contributed by atoms with E-state index in [1.54, 1.807) is 12.1 Å². The SMILES string of the molecule is O=C(CN1CCN(Cc2ccc(C(F)(F)F)cc2)CC1)N1CCc2ccccc21. The van der Waals surface area contributed by atoms with Crippen LogP contribution in [0.3, 0.4) is 0 Å². The minimum Gasteiger partial charge on any atom is -0.311 e. The number of hydrogen-bond acceptors (Lipinski definition) is 3. The molecule has 4 nitrogen and oxygen atoms in total. The maximum atomic E-state index is 12.7. The van der Waals surface area contributed by atoms with Gasteiger partial charge in [0.25, 0.3) is 0 Å². The molecule has 1 fully saturated rings. The molecule has 0 bridgehead atoms. The van der Waals surface area contributed by atoms with Crippen LogP contribution in [0.4, 0.5) is 18.9 Å². The van der Waals surface area contributed by atoms with Crippen LogP contribution in [-0.2, 0) is 23.9 Å². The Morgan fingerprint density at radius 3 is 2.21 bits per heavy atom. The van der Waals surface area contributed by atoms with Gasteiger partial charge < -0.3 is 4.90 Å². The van der Waals surface area contributed by atoms with E-state index < -0.39 is 11.7 Å². The van der Waals surface area contributed by atoms with E-state index in [2.05, 4.69) is 15.9 Å². The molecule has 1 saturated heterocycles. The lowest BCUT2D eigenvalue weighted by Gasteiger charge is -2.35. The highest BCUT2D eigenvalue weighted by Crippen LogP contribution is 2.29. The topological polar surface area (TPSA) is 26.8 Å². The molecule has 1 amide bonds. The van der Waals surface area contributed by atoms with Gasteiger partial charge in [0.1, 0.15) is 0 Å². The molecule has 2 aromatic carbocycles. The largest absolute Gasteiger partial charge is 0.416 e. The molecule has 2 aliphatic rings. The summed E-state index contributed by atoms with van der Waals surface area (Å²) in [7, 11) is 0. The Labute approximate surface area is 168 Å². The molecule has 2 aromatic rings. The number of rotatable bonds is 4. The number of benzene rings is 2. The first-order valence-corrected chi connectivity index (χ1v) is 9.89. The Hall–Kier alpha value is -2.38. The second kappa shape index (κ2) is 8.16. The Bertz CT molecular complexity index is 858. The van der Waals surface area contributed by atoms with Crippen molar-refractivity contribution in [1.82, 2.24) is 9.80 Å². The maximum absolute atomic E-state index is 12.7. The Morgan fingerprint density at radius 2 is 1.52 bits per heavy atom. The van der Waals surface area contributed by atoms with E-state index >= 15 is 0 Å². The summed E-state index contributed by atoms with van der Waals surface area (Å²) in [6, 6.07) is 13.4. The molecule has 4 rings (SSSR count). The average molecular weight is 403 g/mol. The van der Waals surface area contributed by atoms with E-state index in [9.17, 15) is 18.0 Å². The quantitative estimate of drug-likeness (QED) is 0.783. The average Bonchev–Trinajstić information content (AvgIpc) is 3.13. The summed E-state index contributed by atoms with van der Waals surface area (Å²) in [4.78, 5) is 19.0. The van der Waals surface area contributed by atoms with Crippen molar-refractivity contribution in [3.63, 3.8) is 0 Å². The molecule has 0 atom stereocenters. The zero-order valence-corrected chi connectivity index (χ0v) is 16.2. The van der Waals surface area contributed by atoms with Gasteiger partial charge in [0.05, 0.1) is 12.1 Å². The number of carbonyl (C=O) groups is 1. The molecule has 2 aliphatic heterocycles. The monoisotopic (exact) mass is 403 g/mol. The number of carbonyl (C=O) groups excluding carboxylic acids is 1. The second-order valence-electron chi connectivity index (χ2n) is 7.67. The molecule has 0 unspecified atom stereocenters. The van der Waals surface area contributed by atoms with Gasteiger partial charge in [-0.25, -0.2) is 0 Å². The number of amides is 1. The number of fused-ring (bicyclic) bond motifs is 1. The first-order chi connectivity index (χ1) is 13.9. The molecule has 2 heterocycles. The number of alkyl halides is 3. The molecular formula is C22H24F3N3O. The summed E-state index contributed by atoms with van der Waals surface area (Å²) in [5.41, 5.74) is 2.50. The fraction of sp³-hybridized carbons (Fsp3) is 0.409. The van der Waals surface area contributed by atoms with Crippen LogP contribution >= 0.6 is 0 Å². The summed E-state index contributed by atoms with van der Waals surface area (Å²) >= 11 is 0. The van der Waals surface area contributed by atoms with Crippen LogP contribution in [-0.4, -0.2) is 55.0 Å². The van der Waals surface area contributed by atoms with E-state index in [0.717, 1.165) is 62.5 Å². The molecule has 0 aliphatic carbocycles. The van der Waals surface area contributed by atoms with Crippen molar-refractivity contribution in [2.45, 2.75) is 19.1 Å². The number of hydrogen-bond donors (Lipinski definition) is 0. The summed E-state index contributed by atoms with van der Waals surface area (Å²) in [6.45, 7) is 4.92. The second-order valence-corrected chi connectivity index (χ2v) is 7.67. The molecular weight excluding hydrogens is 379 g/mol. The van der Waals surface area contributed by atoms with Crippen molar-refractivity contribution in [3.8, 4) is 0 Å². The highest BCUT2D eigenvalue weighted by atomic mass is 19.4. The molecule has 0 N–H and O–H groups in total. The van der Waals surface area contributed by atoms with Crippen molar-refractivity contribution in [2.75, 3.05) is 44.2 Å². The lowest BCUT2D eigenvalue weighted by Crippen LogP contribution is -2.49. The van der Waals surface area contributed by atoms with Crippen molar-refractivity contribution in [1.29, 1.82) is 0 Å². The van der Waals surface area contributed by atoms with Crippen LogP contribution in [0.5, 0.6) is 0 Å². The van der Waals surface area contributed by atoms with Gasteiger partial charge in [0, 0.05) is 45.0 Å². The number of piperazine rings is 1. The molecule has 29 heavy (non-hydrogen) atoms. The molecule has 0 radical (unpaired) electrons. The van der Waals surface area contributed by atoms with Crippen molar-refractivity contribution >= 4 is 11.6 Å². The van der Waals surface area contributed by atoms with Crippen molar-refractivity contribution in [2.24, 2.45) is 0 Å². The lowest BCUT2D eigenvalue weighted by molar-refractivity contribution is -0.137. The minimum atomic E-state index is -4.30. The minimum absolute atomic E-state index is 0.131. The standard InChI is InChI=1S/C22H24F3N3O/c23-22(24,25)19-7-5-17(6-8-19)15-26-11-13-27(14-12-26)16-21(29)28-10-9-18-3-1-2-4-20(18)28/h1-8H,9-16H2. The third kappa shape index (κ3) is 4.62. The van der Waals surface area contributed by atoms with Crippen LogP contribution in [0.1, 0.15) is 16.7 Å². The van der Waals surface area contributed by atoms with Gasteiger partial charge in [-0.2, -0.15) is 13.2 Å². The van der Waals surface area contributed by atoms with Gasteiger partial charge in [-0.3, -0.25) is 14.6 Å². The van der Waals surface area contributed by atoms with Crippen LogP contribution in [0.25, 0.3) is 0 Å². The Kier molecular flexibility index (Phi) is 5.61. The van der Waals surface area contributed by atoms with E-state index in [4.69, 9.17) is 0 Å². The van der Waals surface area contributed by atoms with E-state index in [0.29, 0.717) is 13.1 Å². The Morgan fingerprint density at radius 1 is 0.862 bits per heavy atom. The third-order valence-corrected chi connectivity index (χ3v) is 5.70. The van der Waals surface area contributed by atoms with E-state index in [1.807, 2.05) is 23.1 Å². The van der Waals surface area contributed by atoms with Gasteiger partial charge >= 0.3 is 6.18 Å². The number of halogens is 3. The van der Waals surface area contributed by atoms with Gasteiger partial charge in [-0.1, -0.05) is 30.3 Å². The van der Waals surface area contributed by atoms with Crippen LogP contribution < -0.4 is 4.90 Å². The zero-order chi connectivity index (χ0) is 20.4. The predicted molar refractivity (Wildman–Crippen MR) is 106 cm³/mol. The fourth-order valence-electron chi connectivity index (χ4n) is 4.04. The fourth-order valence-corrected chi connectivity index (χ4v) is 4.04. The zero-order valence-electron chi connectivity index (χ0n) is 16.2. The first kappa shape index (κ1) is 19.9. The number of nitrogens with zero attached hydrogens (tertiary/aromatic N) is 3. The number of para-hydroxylation sites is 1. The Balaban J connectivity index is 1.26. The highest BCUT2D eigenvalue weighted by Gasteiger charge is 2.30. The summed E-state index contributed by atoms with van der Waals surface area (Å²) in [6.07, 6.45) is -3.39.